The number of ether oxygens (including phenoxy) is 2. The van der Waals surface area contributed by atoms with Crippen LogP contribution in [0.15, 0.2) is 60.8 Å². The molecule has 0 atom stereocenters. The number of pyridine rings is 1. The van der Waals surface area contributed by atoms with Crippen molar-refractivity contribution in [1.29, 1.82) is 0 Å². The van der Waals surface area contributed by atoms with Gasteiger partial charge in [0.25, 0.3) is 5.91 Å². The molecule has 0 saturated carbocycles. The average molecular weight is 376 g/mol. The van der Waals surface area contributed by atoms with Gasteiger partial charge in [-0.25, -0.2) is 0 Å². The molecular weight excluding hydrogens is 352 g/mol. The molecule has 4 rings (SSSR count). The first kappa shape index (κ1) is 18.3. The van der Waals surface area contributed by atoms with Gasteiger partial charge in [0.05, 0.1) is 17.7 Å². The number of amides is 1. The molecule has 144 valence electrons. The number of rotatable bonds is 5. The zero-order valence-corrected chi connectivity index (χ0v) is 16.0. The molecule has 0 N–H and O–H groups in total. The van der Waals surface area contributed by atoms with Crippen LogP contribution in [0.2, 0.25) is 0 Å². The number of fused-ring (bicyclic) bond motifs is 1. The van der Waals surface area contributed by atoms with Crippen LogP contribution in [0.3, 0.4) is 0 Å². The summed E-state index contributed by atoms with van der Waals surface area (Å²) in [5.74, 6) is 1.58. The van der Waals surface area contributed by atoms with E-state index in [0.717, 1.165) is 35.2 Å². The summed E-state index contributed by atoms with van der Waals surface area (Å²) in [6, 6.07) is 17.4. The lowest BCUT2D eigenvalue weighted by atomic mass is 10.0. The number of hydrogen-bond acceptors (Lipinski definition) is 4. The van der Waals surface area contributed by atoms with Crippen LogP contribution < -0.4 is 9.47 Å². The molecule has 1 saturated heterocycles. The van der Waals surface area contributed by atoms with Crippen molar-refractivity contribution in [3.8, 4) is 11.5 Å². The normalized spacial score (nSPS) is 14.8. The number of piperidine rings is 1. The number of aromatic nitrogens is 1. The zero-order valence-electron chi connectivity index (χ0n) is 16.0. The minimum absolute atomic E-state index is 0.0393. The third-order valence-corrected chi connectivity index (χ3v) is 5.03. The van der Waals surface area contributed by atoms with E-state index in [1.807, 2.05) is 66.4 Å². The van der Waals surface area contributed by atoms with Gasteiger partial charge in [0.1, 0.15) is 6.10 Å². The van der Waals surface area contributed by atoms with Crippen molar-refractivity contribution in [2.45, 2.75) is 25.9 Å². The molecule has 1 aliphatic heterocycles. The second-order valence-corrected chi connectivity index (χ2v) is 6.87. The van der Waals surface area contributed by atoms with Crippen LogP contribution in [0.25, 0.3) is 10.9 Å². The van der Waals surface area contributed by atoms with Crippen LogP contribution in [0.1, 0.15) is 30.1 Å². The molecular formula is C23H24N2O3. The van der Waals surface area contributed by atoms with Gasteiger partial charge in [-0.15, -0.1) is 0 Å². The van der Waals surface area contributed by atoms with Crippen LogP contribution in [0.5, 0.6) is 11.5 Å². The molecule has 1 fully saturated rings. The Bertz CT molecular complexity index is 959. The van der Waals surface area contributed by atoms with E-state index in [0.29, 0.717) is 25.3 Å². The highest BCUT2D eigenvalue weighted by Gasteiger charge is 2.26. The Kier molecular flexibility index (Phi) is 5.42. The van der Waals surface area contributed by atoms with Gasteiger partial charge in [0, 0.05) is 37.5 Å². The van der Waals surface area contributed by atoms with Crippen molar-refractivity contribution in [2.75, 3.05) is 19.7 Å². The van der Waals surface area contributed by atoms with Gasteiger partial charge < -0.3 is 14.4 Å². The summed E-state index contributed by atoms with van der Waals surface area (Å²) in [7, 11) is 0. The van der Waals surface area contributed by atoms with Crippen LogP contribution in [0, 0.1) is 0 Å². The lowest BCUT2D eigenvalue weighted by Gasteiger charge is -2.32. The minimum Gasteiger partial charge on any atom is -0.490 e. The SMILES string of the molecule is CCOc1ccccc1OC1CCN(C(=O)c2cccc3cccnc23)CC1. The van der Waals surface area contributed by atoms with Gasteiger partial charge in [-0.2, -0.15) is 0 Å². The maximum Gasteiger partial charge on any atom is 0.256 e. The number of benzene rings is 2. The van der Waals surface area contributed by atoms with Gasteiger partial charge in [0.2, 0.25) is 0 Å². The minimum atomic E-state index is 0.0393. The molecule has 0 unspecified atom stereocenters. The van der Waals surface area contributed by atoms with Crippen molar-refractivity contribution < 1.29 is 14.3 Å². The Morgan fingerprint density at radius 2 is 1.79 bits per heavy atom. The molecule has 5 nitrogen and oxygen atoms in total. The fourth-order valence-electron chi connectivity index (χ4n) is 3.63. The molecule has 3 aromatic rings. The van der Waals surface area contributed by atoms with Gasteiger partial charge >= 0.3 is 0 Å². The van der Waals surface area contributed by atoms with Crippen LogP contribution in [-0.4, -0.2) is 41.6 Å². The average Bonchev–Trinajstić information content (AvgIpc) is 2.75. The molecule has 2 aromatic carbocycles. The molecule has 1 aromatic heterocycles. The molecule has 0 bridgehead atoms. The molecule has 0 spiro atoms. The largest absolute Gasteiger partial charge is 0.490 e. The molecule has 0 radical (unpaired) electrons. The standard InChI is InChI=1S/C23H24N2O3/c1-2-27-20-10-3-4-11-21(20)28-18-12-15-25(16-13-18)23(26)19-9-5-7-17-8-6-14-24-22(17)19/h3-11,14,18H,2,12-13,15-16H2,1H3. The van der Waals surface area contributed by atoms with Crippen LogP contribution >= 0.6 is 0 Å². The summed E-state index contributed by atoms with van der Waals surface area (Å²) in [6.45, 7) is 3.91. The highest BCUT2D eigenvalue weighted by atomic mass is 16.5. The highest BCUT2D eigenvalue weighted by Crippen LogP contribution is 2.29. The highest BCUT2D eigenvalue weighted by molar-refractivity contribution is 6.05. The zero-order chi connectivity index (χ0) is 19.3. The van der Waals surface area contributed by atoms with Gasteiger partial charge in [-0.1, -0.05) is 30.3 Å². The second kappa shape index (κ2) is 8.30. The predicted octanol–water partition coefficient (Wildman–Crippen LogP) is 4.32. The van der Waals surface area contributed by atoms with Crippen molar-refractivity contribution in [1.82, 2.24) is 9.88 Å². The molecule has 28 heavy (non-hydrogen) atoms. The van der Waals surface area contributed by atoms with E-state index < -0.39 is 0 Å². The van der Waals surface area contributed by atoms with E-state index in [4.69, 9.17) is 9.47 Å². The Morgan fingerprint density at radius 3 is 2.57 bits per heavy atom. The summed E-state index contributed by atoms with van der Waals surface area (Å²) in [5, 5.41) is 0.985. The maximum atomic E-state index is 13.0. The quantitative estimate of drug-likeness (QED) is 0.666. The molecule has 5 heteroatoms. The summed E-state index contributed by atoms with van der Waals surface area (Å²) in [6.07, 6.45) is 3.40. The first-order valence-corrected chi connectivity index (χ1v) is 9.77. The van der Waals surface area contributed by atoms with Crippen LogP contribution in [-0.2, 0) is 0 Å². The number of hydrogen-bond donors (Lipinski definition) is 0. The van der Waals surface area contributed by atoms with Gasteiger partial charge in [-0.05, 0) is 31.2 Å². The predicted molar refractivity (Wildman–Crippen MR) is 109 cm³/mol. The number of carbonyl (C=O) groups excluding carboxylic acids is 1. The van der Waals surface area contributed by atoms with Crippen molar-refractivity contribution in [2.24, 2.45) is 0 Å². The lowest BCUT2D eigenvalue weighted by molar-refractivity contribution is 0.0591. The summed E-state index contributed by atoms with van der Waals surface area (Å²) in [5.41, 5.74) is 1.43. The third kappa shape index (κ3) is 3.79. The monoisotopic (exact) mass is 376 g/mol. The first-order chi connectivity index (χ1) is 13.8. The molecule has 2 heterocycles. The van der Waals surface area contributed by atoms with Crippen molar-refractivity contribution in [3.05, 3.63) is 66.4 Å². The van der Waals surface area contributed by atoms with Gasteiger partial charge in [-0.3, -0.25) is 9.78 Å². The van der Waals surface area contributed by atoms with E-state index in [1.165, 1.54) is 0 Å². The van der Waals surface area contributed by atoms with E-state index >= 15 is 0 Å². The smallest absolute Gasteiger partial charge is 0.256 e. The fraction of sp³-hybridized carbons (Fsp3) is 0.304. The molecule has 1 aliphatic rings. The number of carbonyl (C=O) groups is 1. The molecule has 0 aliphatic carbocycles. The number of nitrogens with zero attached hydrogens (tertiary/aromatic N) is 2. The Hall–Kier alpha value is -3.08. The number of para-hydroxylation sites is 3. The summed E-state index contributed by atoms with van der Waals surface area (Å²) >= 11 is 0. The third-order valence-electron chi connectivity index (χ3n) is 5.03. The Balaban J connectivity index is 1.42. The van der Waals surface area contributed by atoms with E-state index in [2.05, 4.69) is 4.98 Å². The van der Waals surface area contributed by atoms with Crippen molar-refractivity contribution >= 4 is 16.8 Å². The summed E-state index contributed by atoms with van der Waals surface area (Å²) < 4.78 is 11.8. The Labute approximate surface area is 164 Å². The van der Waals surface area contributed by atoms with Gasteiger partial charge in [0.15, 0.2) is 11.5 Å². The fourth-order valence-corrected chi connectivity index (χ4v) is 3.63. The molecule has 1 amide bonds. The maximum absolute atomic E-state index is 13.0. The van der Waals surface area contributed by atoms with E-state index in [-0.39, 0.29) is 12.0 Å². The number of likely N-dealkylation sites (tertiary alicyclic amines) is 1. The summed E-state index contributed by atoms with van der Waals surface area (Å²) in [4.78, 5) is 19.4. The lowest BCUT2D eigenvalue weighted by Crippen LogP contribution is -2.41. The van der Waals surface area contributed by atoms with Crippen LogP contribution in [0.4, 0.5) is 0 Å². The topological polar surface area (TPSA) is 51.7 Å². The van der Waals surface area contributed by atoms with Crippen molar-refractivity contribution in [3.63, 3.8) is 0 Å². The first-order valence-electron chi connectivity index (χ1n) is 9.77. The Morgan fingerprint density at radius 1 is 1.04 bits per heavy atom. The second-order valence-electron chi connectivity index (χ2n) is 6.87. The van der Waals surface area contributed by atoms with E-state index in [1.54, 1.807) is 6.20 Å². The van der Waals surface area contributed by atoms with E-state index in [9.17, 15) is 4.79 Å².